The average molecular weight is 221 g/mol. The highest BCUT2D eigenvalue weighted by atomic mass is 32.1. The molecular formula is C13H19NS. The predicted molar refractivity (Wildman–Crippen MR) is 68.8 cm³/mol. The van der Waals surface area contributed by atoms with Gasteiger partial charge in [-0.05, 0) is 49.3 Å². The first-order valence-corrected chi connectivity index (χ1v) is 5.77. The Bertz CT molecular complexity index is 327. The zero-order valence-electron chi connectivity index (χ0n) is 9.00. The van der Waals surface area contributed by atoms with E-state index in [1.807, 2.05) is 0 Å². The third kappa shape index (κ3) is 2.21. The van der Waals surface area contributed by atoms with E-state index < -0.39 is 0 Å². The molecule has 1 saturated heterocycles. The molecule has 82 valence electrons. The van der Waals surface area contributed by atoms with Crippen molar-refractivity contribution in [1.82, 2.24) is 5.32 Å². The molecule has 1 heterocycles. The van der Waals surface area contributed by atoms with Crippen LogP contribution in [0.25, 0.3) is 0 Å². The summed E-state index contributed by atoms with van der Waals surface area (Å²) in [5, 5.41) is 3.60. The lowest BCUT2D eigenvalue weighted by Gasteiger charge is -2.15. The third-order valence-corrected chi connectivity index (χ3v) is 3.45. The highest BCUT2D eigenvalue weighted by molar-refractivity contribution is 7.59. The lowest BCUT2D eigenvalue weighted by molar-refractivity contribution is 0.640. The van der Waals surface area contributed by atoms with Gasteiger partial charge >= 0.3 is 0 Å². The standard InChI is InChI=1S/C13H17N.H2S/c1-2-5-12(13-6-3-9-14-13)11(4-1)10-7-8-10;/h1-2,4-5,10,13-14H,3,6-9H2;1H2/t13-;/m0./s1. The molecule has 1 atom stereocenters. The number of rotatable bonds is 2. The van der Waals surface area contributed by atoms with E-state index in [2.05, 4.69) is 29.6 Å². The summed E-state index contributed by atoms with van der Waals surface area (Å²) in [4.78, 5) is 0. The molecule has 0 amide bonds. The van der Waals surface area contributed by atoms with Crippen LogP contribution in [0.15, 0.2) is 24.3 Å². The van der Waals surface area contributed by atoms with Gasteiger partial charge < -0.3 is 5.32 Å². The lowest BCUT2D eigenvalue weighted by atomic mass is 9.96. The summed E-state index contributed by atoms with van der Waals surface area (Å²) in [5.74, 6) is 0.883. The maximum absolute atomic E-state index is 3.60. The minimum absolute atomic E-state index is 0. The van der Waals surface area contributed by atoms with Gasteiger partial charge in [0.05, 0.1) is 0 Å². The molecule has 0 aromatic heterocycles. The highest BCUT2D eigenvalue weighted by Crippen LogP contribution is 2.43. The zero-order valence-corrected chi connectivity index (χ0v) is 10.00. The van der Waals surface area contributed by atoms with Crippen molar-refractivity contribution < 1.29 is 0 Å². The molecule has 0 bridgehead atoms. The van der Waals surface area contributed by atoms with E-state index in [4.69, 9.17) is 0 Å². The Morgan fingerprint density at radius 3 is 2.33 bits per heavy atom. The first-order chi connectivity index (χ1) is 6.95. The molecule has 0 radical (unpaired) electrons. The van der Waals surface area contributed by atoms with Crippen LogP contribution in [0.4, 0.5) is 0 Å². The van der Waals surface area contributed by atoms with Crippen molar-refractivity contribution in [2.75, 3.05) is 6.54 Å². The Morgan fingerprint density at radius 1 is 1.00 bits per heavy atom. The Balaban J connectivity index is 0.000000853. The van der Waals surface area contributed by atoms with Crippen LogP contribution >= 0.6 is 13.5 Å². The summed E-state index contributed by atoms with van der Waals surface area (Å²) < 4.78 is 0. The minimum Gasteiger partial charge on any atom is -0.310 e. The quantitative estimate of drug-likeness (QED) is 0.809. The van der Waals surface area contributed by atoms with Crippen LogP contribution in [-0.4, -0.2) is 6.54 Å². The van der Waals surface area contributed by atoms with Gasteiger partial charge in [-0.2, -0.15) is 13.5 Å². The summed E-state index contributed by atoms with van der Waals surface area (Å²) in [7, 11) is 0. The van der Waals surface area contributed by atoms with E-state index in [0.717, 1.165) is 5.92 Å². The monoisotopic (exact) mass is 221 g/mol. The topological polar surface area (TPSA) is 12.0 Å². The van der Waals surface area contributed by atoms with Crippen LogP contribution in [0.3, 0.4) is 0 Å². The van der Waals surface area contributed by atoms with E-state index in [0.29, 0.717) is 6.04 Å². The van der Waals surface area contributed by atoms with Gasteiger partial charge in [-0.15, -0.1) is 0 Å². The summed E-state index contributed by atoms with van der Waals surface area (Å²) in [6, 6.07) is 9.66. The van der Waals surface area contributed by atoms with Gasteiger partial charge in [-0.25, -0.2) is 0 Å². The molecule has 1 aliphatic carbocycles. The highest BCUT2D eigenvalue weighted by Gasteiger charge is 2.28. The van der Waals surface area contributed by atoms with Gasteiger partial charge in [0, 0.05) is 6.04 Å². The fraction of sp³-hybridized carbons (Fsp3) is 0.538. The molecule has 3 rings (SSSR count). The van der Waals surface area contributed by atoms with Crippen LogP contribution in [0.5, 0.6) is 0 Å². The van der Waals surface area contributed by atoms with E-state index in [-0.39, 0.29) is 13.5 Å². The minimum atomic E-state index is 0. The van der Waals surface area contributed by atoms with Crippen LogP contribution in [-0.2, 0) is 0 Å². The van der Waals surface area contributed by atoms with Gasteiger partial charge in [0.2, 0.25) is 0 Å². The lowest BCUT2D eigenvalue weighted by Crippen LogP contribution is -2.14. The van der Waals surface area contributed by atoms with Crippen LogP contribution in [0, 0.1) is 0 Å². The fourth-order valence-electron chi connectivity index (χ4n) is 2.54. The molecule has 1 aliphatic heterocycles. The third-order valence-electron chi connectivity index (χ3n) is 3.45. The number of benzene rings is 1. The number of hydrogen-bond acceptors (Lipinski definition) is 1. The van der Waals surface area contributed by atoms with E-state index in [9.17, 15) is 0 Å². The maximum atomic E-state index is 3.60. The summed E-state index contributed by atoms with van der Waals surface area (Å²) in [6.45, 7) is 1.20. The summed E-state index contributed by atoms with van der Waals surface area (Å²) in [5.41, 5.74) is 3.19. The summed E-state index contributed by atoms with van der Waals surface area (Å²) >= 11 is 0. The predicted octanol–water partition coefficient (Wildman–Crippen LogP) is 3.10. The first kappa shape index (κ1) is 11.0. The van der Waals surface area contributed by atoms with Crippen molar-refractivity contribution in [3.63, 3.8) is 0 Å². The van der Waals surface area contributed by atoms with Crippen molar-refractivity contribution in [1.29, 1.82) is 0 Å². The van der Waals surface area contributed by atoms with Crippen LogP contribution in [0.2, 0.25) is 0 Å². The molecule has 1 nitrogen and oxygen atoms in total. The first-order valence-electron chi connectivity index (χ1n) is 5.77. The fourth-order valence-corrected chi connectivity index (χ4v) is 2.54. The van der Waals surface area contributed by atoms with Crippen molar-refractivity contribution in [3.05, 3.63) is 35.4 Å². The van der Waals surface area contributed by atoms with Gasteiger partial charge in [0.25, 0.3) is 0 Å². The van der Waals surface area contributed by atoms with Gasteiger partial charge in [-0.1, -0.05) is 24.3 Å². The largest absolute Gasteiger partial charge is 0.310 e. The normalized spacial score (nSPS) is 24.9. The van der Waals surface area contributed by atoms with Crippen LogP contribution < -0.4 is 5.32 Å². The Labute approximate surface area is 98.7 Å². The number of hydrogen-bond donors (Lipinski definition) is 1. The van der Waals surface area contributed by atoms with Crippen molar-refractivity contribution in [2.24, 2.45) is 0 Å². The van der Waals surface area contributed by atoms with Crippen molar-refractivity contribution >= 4 is 13.5 Å². The van der Waals surface area contributed by atoms with Gasteiger partial charge in [0.15, 0.2) is 0 Å². The second kappa shape index (κ2) is 4.58. The molecule has 1 N–H and O–H groups in total. The summed E-state index contributed by atoms with van der Waals surface area (Å²) in [6.07, 6.45) is 5.47. The van der Waals surface area contributed by atoms with E-state index >= 15 is 0 Å². The van der Waals surface area contributed by atoms with Gasteiger partial charge in [0.1, 0.15) is 0 Å². The molecule has 2 heteroatoms. The molecule has 1 saturated carbocycles. The zero-order chi connectivity index (χ0) is 9.38. The van der Waals surface area contributed by atoms with Crippen LogP contribution in [0.1, 0.15) is 48.8 Å². The van der Waals surface area contributed by atoms with Gasteiger partial charge in [-0.3, -0.25) is 0 Å². The Morgan fingerprint density at radius 2 is 1.73 bits per heavy atom. The average Bonchev–Trinajstić information content (AvgIpc) is 2.94. The maximum Gasteiger partial charge on any atom is 0.0323 e. The molecular weight excluding hydrogens is 202 g/mol. The molecule has 0 spiro atoms. The molecule has 1 aromatic rings. The molecule has 2 fully saturated rings. The second-order valence-electron chi connectivity index (χ2n) is 4.55. The number of nitrogens with one attached hydrogen (secondary N) is 1. The SMILES string of the molecule is S.c1ccc([C@@H]2CCCN2)c(C2CC2)c1. The van der Waals surface area contributed by atoms with Crippen molar-refractivity contribution in [2.45, 2.75) is 37.6 Å². The second-order valence-corrected chi connectivity index (χ2v) is 4.55. The molecule has 2 aliphatic rings. The Hall–Kier alpha value is -0.470. The van der Waals surface area contributed by atoms with E-state index in [1.54, 1.807) is 11.1 Å². The molecule has 0 unspecified atom stereocenters. The molecule has 1 aromatic carbocycles. The smallest absolute Gasteiger partial charge is 0.0323 e. The van der Waals surface area contributed by atoms with E-state index in [1.165, 1.54) is 32.2 Å². The Kier molecular flexibility index (Phi) is 3.37. The molecule has 15 heavy (non-hydrogen) atoms. The van der Waals surface area contributed by atoms with Crippen molar-refractivity contribution in [3.8, 4) is 0 Å².